The molecule has 38 heavy (non-hydrogen) atoms. The molecule has 1 aliphatic heterocycles. The molecular formula is C28H27N3O4S3. The van der Waals surface area contributed by atoms with Gasteiger partial charge in [-0.05, 0) is 86.8 Å². The average molecular weight is 566 g/mol. The lowest BCUT2D eigenvalue weighted by Gasteiger charge is -2.16. The molecule has 2 amide bonds. The van der Waals surface area contributed by atoms with Crippen molar-refractivity contribution in [2.75, 3.05) is 22.1 Å². The van der Waals surface area contributed by atoms with Crippen LogP contribution in [-0.4, -0.2) is 34.8 Å². The Morgan fingerprint density at radius 2 is 1.74 bits per heavy atom. The van der Waals surface area contributed by atoms with Crippen molar-refractivity contribution >= 4 is 74.6 Å². The quantitative estimate of drug-likeness (QED) is 0.204. The van der Waals surface area contributed by atoms with Crippen LogP contribution >= 0.6 is 35.3 Å². The topological polar surface area (TPSA) is 87.7 Å². The van der Waals surface area contributed by atoms with Crippen molar-refractivity contribution in [2.45, 2.75) is 49.2 Å². The lowest BCUT2D eigenvalue weighted by Crippen LogP contribution is -2.32. The van der Waals surface area contributed by atoms with E-state index in [-0.39, 0.29) is 24.8 Å². The van der Waals surface area contributed by atoms with Crippen LogP contribution < -0.4 is 15.5 Å². The van der Waals surface area contributed by atoms with E-state index in [0.29, 0.717) is 15.7 Å². The number of anilines is 3. The van der Waals surface area contributed by atoms with Crippen molar-refractivity contribution in [3.05, 3.63) is 70.6 Å². The molecule has 0 spiro atoms. The van der Waals surface area contributed by atoms with Gasteiger partial charge in [0, 0.05) is 27.6 Å². The molecular weight excluding hydrogens is 539 g/mol. The lowest BCUT2D eigenvalue weighted by atomic mass is 9.95. The molecule has 2 aromatic carbocycles. The summed E-state index contributed by atoms with van der Waals surface area (Å²) in [6, 6.07) is 17.2. The second-order valence-corrected chi connectivity index (χ2v) is 11.7. The molecule has 0 bridgehead atoms. The number of carbonyl (C=O) groups excluding carboxylic acids is 3. The highest BCUT2D eigenvalue weighted by molar-refractivity contribution is 8.00. The minimum absolute atomic E-state index is 0.0828. The van der Waals surface area contributed by atoms with E-state index in [1.54, 1.807) is 6.92 Å². The summed E-state index contributed by atoms with van der Waals surface area (Å²) < 4.78 is 5.31. The third kappa shape index (κ3) is 5.62. The van der Waals surface area contributed by atoms with Crippen LogP contribution in [0.25, 0.3) is 0 Å². The minimum atomic E-state index is -0.559. The first-order valence-electron chi connectivity index (χ1n) is 12.5. The molecule has 5 rings (SSSR count). The third-order valence-corrected chi connectivity index (χ3v) is 9.04. The number of ether oxygens (including phenoxy) is 1. The summed E-state index contributed by atoms with van der Waals surface area (Å²) in [5, 5.41) is 6.61. The highest BCUT2D eigenvalue weighted by Gasteiger charge is 2.43. The second-order valence-electron chi connectivity index (χ2n) is 8.96. The largest absolute Gasteiger partial charge is 0.462 e. The number of esters is 1. The second kappa shape index (κ2) is 11.7. The Labute approximate surface area is 234 Å². The fourth-order valence-corrected chi connectivity index (χ4v) is 7.32. The van der Waals surface area contributed by atoms with Gasteiger partial charge in [0.1, 0.15) is 5.00 Å². The van der Waals surface area contributed by atoms with Crippen molar-refractivity contribution < 1.29 is 19.1 Å². The zero-order valence-corrected chi connectivity index (χ0v) is 23.3. The number of thiocarbonyl (C=S) groups is 1. The standard InChI is InChI=1S/C28H27N3O4S3/c1-2-35-27(34)24-20-10-6-7-11-21(20)38-26(24)31-23(32)16-22(25(31)33)37-19-14-12-18(13-15-19)30-28(36)29-17-8-4-3-5-9-17/h3-5,8-9,12-15,22H,2,6-7,10-11,16H2,1H3,(H2,29,30,36)/t22-/m1/s1. The minimum Gasteiger partial charge on any atom is -0.462 e. The van der Waals surface area contributed by atoms with Crippen LogP contribution in [0.15, 0.2) is 59.5 Å². The van der Waals surface area contributed by atoms with Crippen molar-refractivity contribution in [1.29, 1.82) is 0 Å². The zero-order valence-electron chi connectivity index (χ0n) is 20.8. The number of hydrogen-bond acceptors (Lipinski definition) is 7. The number of nitrogens with zero attached hydrogens (tertiary/aromatic N) is 1. The summed E-state index contributed by atoms with van der Waals surface area (Å²) in [5.74, 6) is -1.03. The Balaban J connectivity index is 1.28. The lowest BCUT2D eigenvalue weighted by molar-refractivity contribution is -0.121. The van der Waals surface area contributed by atoms with Gasteiger partial charge in [0.05, 0.1) is 17.4 Å². The first-order valence-corrected chi connectivity index (χ1v) is 14.6. The van der Waals surface area contributed by atoms with E-state index in [1.165, 1.54) is 28.0 Å². The maximum atomic E-state index is 13.5. The van der Waals surface area contributed by atoms with E-state index in [9.17, 15) is 14.4 Å². The zero-order chi connectivity index (χ0) is 26.6. The predicted molar refractivity (Wildman–Crippen MR) is 156 cm³/mol. The predicted octanol–water partition coefficient (Wildman–Crippen LogP) is 6.04. The molecule has 2 N–H and O–H groups in total. The summed E-state index contributed by atoms with van der Waals surface area (Å²) in [6.45, 7) is 1.99. The van der Waals surface area contributed by atoms with Crippen LogP contribution in [0.4, 0.5) is 16.4 Å². The summed E-state index contributed by atoms with van der Waals surface area (Å²) in [4.78, 5) is 42.5. The van der Waals surface area contributed by atoms with Crippen molar-refractivity contribution in [3.8, 4) is 0 Å². The van der Waals surface area contributed by atoms with Gasteiger partial charge < -0.3 is 15.4 Å². The molecule has 2 heterocycles. The number of carbonyl (C=O) groups is 3. The van der Waals surface area contributed by atoms with Gasteiger partial charge in [-0.2, -0.15) is 0 Å². The summed E-state index contributed by atoms with van der Waals surface area (Å²) >= 11 is 8.12. The van der Waals surface area contributed by atoms with Crippen molar-refractivity contribution in [3.63, 3.8) is 0 Å². The highest BCUT2D eigenvalue weighted by Crippen LogP contribution is 2.44. The Morgan fingerprint density at radius 3 is 2.45 bits per heavy atom. The van der Waals surface area contributed by atoms with E-state index >= 15 is 0 Å². The number of hydrogen-bond donors (Lipinski definition) is 2. The fourth-order valence-electron chi connectivity index (χ4n) is 4.63. The van der Waals surface area contributed by atoms with Crippen LogP contribution in [-0.2, 0) is 27.2 Å². The molecule has 7 nitrogen and oxygen atoms in total. The Kier molecular flexibility index (Phi) is 8.11. The molecule has 3 aromatic rings. The van der Waals surface area contributed by atoms with Gasteiger partial charge in [0.15, 0.2) is 5.11 Å². The number of thioether (sulfide) groups is 1. The van der Waals surface area contributed by atoms with E-state index in [2.05, 4.69) is 10.6 Å². The van der Waals surface area contributed by atoms with Gasteiger partial charge in [-0.25, -0.2) is 9.69 Å². The summed E-state index contributed by atoms with van der Waals surface area (Å²) in [5.41, 5.74) is 3.04. The molecule has 196 valence electrons. The monoisotopic (exact) mass is 565 g/mol. The van der Waals surface area contributed by atoms with E-state index in [4.69, 9.17) is 17.0 Å². The molecule has 10 heteroatoms. The highest BCUT2D eigenvalue weighted by atomic mass is 32.2. The molecule has 0 radical (unpaired) electrons. The van der Waals surface area contributed by atoms with E-state index in [1.807, 2.05) is 54.6 Å². The van der Waals surface area contributed by atoms with Crippen LogP contribution in [0.3, 0.4) is 0 Å². The summed E-state index contributed by atoms with van der Waals surface area (Å²) in [7, 11) is 0. The maximum absolute atomic E-state index is 13.5. The number of benzene rings is 2. The first kappa shape index (κ1) is 26.4. The Morgan fingerprint density at radius 1 is 1.05 bits per heavy atom. The number of fused-ring (bicyclic) bond motifs is 1. The molecule has 2 aliphatic rings. The average Bonchev–Trinajstić information content (AvgIpc) is 3.41. The van der Waals surface area contributed by atoms with Crippen LogP contribution in [0, 0.1) is 0 Å². The van der Waals surface area contributed by atoms with Crippen LogP contribution in [0.2, 0.25) is 0 Å². The van der Waals surface area contributed by atoms with Gasteiger partial charge in [-0.3, -0.25) is 9.59 Å². The maximum Gasteiger partial charge on any atom is 0.341 e. The van der Waals surface area contributed by atoms with Crippen molar-refractivity contribution in [1.82, 2.24) is 0 Å². The Bertz CT molecular complexity index is 1370. The molecule has 1 aromatic heterocycles. The molecule has 1 atom stereocenters. The SMILES string of the molecule is CCOC(=O)c1c(N2C(=O)C[C@@H](Sc3ccc(NC(=S)Nc4ccccc4)cc3)C2=O)sc2c1CCCC2. The molecule has 1 saturated heterocycles. The number of para-hydroxylation sites is 1. The normalized spacial score (nSPS) is 16.8. The van der Waals surface area contributed by atoms with Crippen molar-refractivity contribution in [2.24, 2.45) is 0 Å². The van der Waals surface area contributed by atoms with Gasteiger partial charge in [0.25, 0.3) is 0 Å². The third-order valence-electron chi connectivity index (χ3n) is 6.36. The number of rotatable bonds is 7. The van der Waals surface area contributed by atoms with Gasteiger partial charge in [0.2, 0.25) is 11.8 Å². The number of aryl methyl sites for hydroxylation is 1. The number of thiophene rings is 1. The summed E-state index contributed by atoms with van der Waals surface area (Å²) in [6.07, 6.45) is 3.71. The number of imide groups is 1. The van der Waals surface area contributed by atoms with Crippen LogP contribution in [0.1, 0.15) is 47.0 Å². The molecule has 1 fully saturated rings. The molecule has 0 saturated carbocycles. The number of nitrogens with one attached hydrogen (secondary N) is 2. The Hall–Kier alpha value is -3.21. The van der Waals surface area contributed by atoms with Gasteiger partial charge >= 0.3 is 5.97 Å². The number of amides is 2. The van der Waals surface area contributed by atoms with Gasteiger partial charge in [-0.15, -0.1) is 23.1 Å². The van der Waals surface area contributed by atoms with Crippen LogP contribution in [0.5, 0.6) is 0 Å². The molecule has 1 aliphatic carbocycles. The molecule has 0 unspecified atom stereocenters. The van der Waals surface area contributed by atoms with Gasteiger partial charge in [-0.1, -0.05) is 18.2 Å². The van der Waals surface area contributed by atoms with E-state index < -0.39 is 11.2 Å². The smallest absolute Gasteiger partial charge is 0.341 e. The van der Waals surface area contributed by atoms with E-state index in [0.717, 1.165) is 52.4 Å². The first-order chi connectivity index (χ1) is 18.4. The fraction of sp³-hybridized carbons (Fsp3) is 0.286.